The van der Waals surface area contributed by atoms with Gasteiger partial charge >= 0.3 is 6.03 Å². The number of aryl methyl sites for hydroxylation is 2. The fraction of sp³-hybridized carbons (Fsp3) is 0.154. The number of thiazole rings is 1. The first-order valence-corrected chi connectivity index (χ1v) is 6.97. The SMILES string of the molecule is [B]c1ccc(NC(=O)N/C(N)=N/c2nc(C)c(C)s2)cc1. The summed E-state index contributed by atoms with van der Waals surface area (Å²) in [6.45, 7) is 3.84. The highest BCUT2D eigenvalue weighted by Gasteiger charge is 2.06. The highest BCUT2D eigenvalue weighted by atomic mass is 32.1. The number of carbonyl (C=O) groups excluding carboxylic acids is 1. The summed E-state index contributed by atoms with van der Waals surface area (Å²) in [5, 5.41) is 5.56. The van der Waals surface area contributed by atoms with Crippen molar-refractivity contribution >= 4 is 47.5 Å². The summed E-state index contributed by atoms with van der Waals surface area (Å²) >= 11 is 1.41. The smallest absolute Gasteiger partial charge is 0.325 e. The molecule has 4 N–H and O–H groups in total. The summed E-state index contributed by atoms with van der Waals surface area (Å²) in [7, 11) is 5.57. The Morgan fingerprint density at radius 1 is 1.33 bits per heavy atom. The van der Waals surface area contributed by atoms with Gasteiger partial charge in [-0.3, -0.25) is 5.32 Å². The second-order valence-electron chi connectivity index (χ2n) is 4.34. The Morgan fingerprint density at radius 3 is 2.57 bits per heavy atom. The number of carbonyl (C=O) groups is 1. The van der Waals surface area contributed by atoms with E-state index in [1.54, 1.807) is 24.3 Å². The maximum atomic E-state index is 11.7. The maximum absolute atomic E-state index is 11.7. The number of nitrogens with two attached hydrogens (primary N) is 1. The lowest BCUT2D eigenvalue weighted by molar-refractivity contribution is 0.256. The molecule has 2 amide bonds. The van der Waals surface area contributed by atoms with Gasteiger partial charge in [0.15, 0.2) is 0 Å². The third kappa shape index (κ3) is 4.32. The molecule has 2 rings (SSSR count). The van der Waals surface area contributed by atoms with E-state index in [9.17, 15) is 4.79 Å². The van der Waals surface area contributed by atoms with Crippen molar-refractivity contribution in [1.82, 2.24) is 10.3 Å². The number of urea groups is 1. The van der Waals surface area contributed by atoms with E-state index in [1.807, 2.05) is 13.8 Å². The Bertz CT molecular complexity index is 661. The van der Waals surface area contributed by atoms with Gasteiger partial charge in [-0.05, 0) is 26.0 Å². The number of amides is 2. The molecule has 0 fully saturated rings. The van der Waals surface area contributed by atoms with Crippen LogP contribution in [0.2, 0.25) is 0 Å². The number of hydrogen-bond donors (Lipinski definition) is 3. The first-order valence-electron chi connectivity index (χ1n) is 6.16. The quantitative estimate of drug-likeness (QED) is 0.443. The molecule has 0 bridgehead atoms. The summed E-state index contributed by atoms with van der Waals surface area (Å²) in [6.07, 6.45) is 0. The number of guanidine groups is 1. The van der Waals surface area contributed by atoms with Gasteiger partial charge in [-0.1, -0.05) is 28.9 Å². The van der Waals surface area contributed by atoms with Crippen molar-refractivity contribution in [1.29, 1.82) is 0 Å². The van der Waals surface area contributed by atoms with E-state index in [0.29, 0.717) is 16.3 Å². The average molecular weight is 299 g/mol. The highest BCUT2D eigenvalue weighted by molar-refractivity contribution is 7.15. The van der Waals surface area contributed by atoms with Crippen LogP contribution in [0.25, 0.3) is 0 Å². The Labute approximate surface area is 127 Å². The van der Waals surface area contributed by atoms with Crippen LogP contribution in [-0.2, 0) is 0 Å². The number of rotatable bonds is 2. The third-order valence-corrected chi connectivity index (χ3v) is 3.61. The first kappa shape index (κ1) is 15.1. The zero-order chi connectivity index (χ0) is 15.4. The van der Waals surface area contributed by atoms with Crippen molar-refractivity contribution in [3.8, 4) is 0 Å². The number of hydrogen-bond acceptors (Lipinski definition) is 4. The predicted molar refractivity (Wildman–Crippen MR) is 86.9 cm³/mol. The van der Waals surface area contributed by atoms with Crippen LogP contribution in [-0.4, -0.2) is 24.8 Å². The Balaban J connectivity index is 1.97. The fourth-order valence-electron chi connectivity index (χ4n) is 1.48. The molecule has 0 aliphatic carbocycles. The van der Waals surface area contributed by atoms with Gasteiger partial charge < -0.3 is 11.1 Å². The molecule has 0 saturated heterocycles. The van der Waals surface area contributed by atoms with Gasteiger partial charge in [0.1, 0.15) is 7.85 Å². The lowest BCUT2D eigenvalue weighted by atomic mass is 9.96. The Kier molecular flexibility index (Phi) is 4.59. The molecule has 0 spiro atoms. The summed E-state index contributed by atoms with van der Waals surface area (Å²) in [6, 6.07) is 6.28. The van der Waals surface area contributed by atoms with Gasteiger partial charge in [-0.25, -0.2) is 9.78 Å². The van der Waals surface area contributed by atoms with Crippen LogP contribution in [0.1, 0.15) is 10.6 Å². The number of nitrogens with zero attached hydrogens (tertiary/aromatic N) is 2. The van der Waals surface area contributed by atoms with Crippen molar-refractivity contribution in [2.45, 2.75) is 13.8 Å². The average Bonchev–Trinajstić information content (AvgIpc) is 2.70. The van der Waals surface area contributed by atoms with Gasteiger partial charge in [-0.15, -0.1) is 0 Å². The van der Waals surface area contributed by atoms with Gasteiger partial charge in [0.05, 0.1) is 5.69 Å². The minimum absolute atomic E-state index is 0.0169. The van der Waals surface area contributed by atoms with Gasteiger partial charge in [0, 0.05) is 10.6 Å². The van der Waals surface area contributed by atoms with Crippen LogP contribution in [0.5, 0.6) is 0 Å². The molecule has 106 valence electrons. The fourth-order valence-corrected chi connectivity index (χ4v) is 2.27. The van der Waals surface area contributed by atoms with Gasteiger partial charge in [0.2, 0.25) is 11.1 Å². The minimum Gasteiger partial charge on any atom is -0.369 e. The normalized spacial score (nSPS) is 11.2. The van der Waals surface area contributed by atoms with E-state index in [1.165, 1.54) is 11.3 Å². The van der Waals surface area contributed by atoms with Crippen molar-refractivity contribution in [3.05, 3.63) is 34.8 Å². The molecule has 0 saturated carbocycles. The summed E-state index contributed by atoms with van der Waals surface area (Å²) in [4.78, 5) is 21.1. The Morgan fingerprint density at radius 2 is 2.00 bits per heavy atom. The molecular formula is C13H14BN5OS. The molecule has 0 unspecified atom stereocenters. The molecule has 1 aromatic carbocycles. The molecule has 8 heteroatoms. The van der Waals surface area contributed by atoms with Crippen molar-refractivity contribution in [2.24, 2.45) is 10.7 Å². The minimum atomic E-state index is -0.481. The molecule has 2 aromatic rings. The maximum Gasteiger partial charge on any atom is 0.325 e. The molecule has 1 aromatic heterocycles. The van der Waals surface area contributed by atoms with E-state index >= 15 is 0 Å². The van der Waals surface area contributed by atoms with Gasteiger partial charge in [-0.2, -0.15) is 4.99 Å². The third-order valence-electron chi connectivity index (χ3n) is 2.64. The first-order chi connectivity index (χ1) is 9.94. The zero-order valence-corrected chi connectivity index (χ0v) is 12.5. The zero-order valence-electron chi connectivity index (χ0n) is 11.7. The Hall–Kier alpha value is -2.35. The molecule has 1 heterocycles. The molecule has 0 atom stereocenters. The number of aliphatic imine (C=N–C) groups is 1. The molecule has 0 aliphatic heterocycles. The standard InChI is InChI=1S/C13H14BN5OS/c1-7-8(2)21-13(16-7)19-11(15)18-12(20)17-10-5-3-9(14)4-6-10/h3-6H,1-2H3,(H4,15,16,17,18,19,20). The number of benzene rings is 1. The van der Waals surface area contributed by atoms with Crippen molar-refractivity contribution in [2.75, 3.05) is 5.32 Å². The van der Waals surface area contributed by atoms with Crippen LogP contribution >= 0.6 is 11.3 Å². The van der Waals surface area contributed by atoms with Crippen LogP contribution < -0.4 is 21.8 Å². The lowest BCUT2D eigenvalue weighted by Crippen LogP contribution is -2.39. The molecular weight excluding hydrogens is 285 g/mol. The summed E-state index contributed by atoms with van der Waals surface area (Å²) in [5.74, 6) is -0.0169. The van der Waals surface area contributed by atoms with Gasteiger partial charge in [0.25, 0.3) is 0 Å². The van der Waals surface area contributed by atoms with E-state index < -0.39 is 6.03 Å². The molecule has 21 heavy (non-hydrogen) atoms. The number of anilines is 1. The van der Waals surface area contributed by atoms with E-state index in [4.69, 9.17) is 13.6 Å². The van der Waals surface area contributed by atoms with Crippen LogP contribution in [0.4, 0.5) is 15.6 Å². The van der Waals surface area contributed by atoms with Crippen LogP contribution in [0.3, 0.4) is 0 Å². The van der Waals surface area contributed by atoms with Crippen LogP contribution in [0.15, 0.2) is 29.3 Å². The monoisotopic (exact) mass is 299 g/mol. The lowest BCUT2D eigenvalue weighted by Gasteiger charge is -2.06. The largest absolute Gasteiger partial charge is 0.369 e. The van der Waals surface area contributed by atoms with Crippen molar-refractivity contribution < 1.29 is 4.79 Å². The topological polar surface area (TPSA) is 92.4 Å². The highest BCUT2D eigenvalue weighted by Crippen LogP contribution is 2.23. The van der Waals surface area contributed by atoms with E-state index in [-0.39, 0.29) is 5.96 Å². The summed E-state index contributed by atoms with van der Waals surface area (Å²) in [5.41, 5.74) is 7.80. The van der Waals surface area contributed by atoms with E-state index in [2.05, 4.69) is 20.6 Å². The second kappa shape index (κ2) is 6.40. The summed E-state index contributed by atoms with van der Waals surface area (Å²) < 4.78 is 0. The number of aromatic nitrogens is 1. The van der Waals surface area contributed by atoms with E-state index in [0.717, 1.165) is 10.6 Å². The predicted octanol–water partition coefficient (Wildman–Crippen LogP) is 1.32. The molecule has 6 nitrogen and oxygen atoms in total. The second-order valence-corrected chi connectivity index (χ2v) is 5.52. The van der Waals surface area contributed by atoms with Crippen LogP contribution in [0, 0.1) is 13.8 Å². The molecule has 2 radical (unpaired) electrons. The molecule has 0 aliphatic rings. The van der Waals surface area contributed by atoms with Crippen molar-refractivity contribution in [3.63, 3.8) is 0 Å². The number of nitrogens with one attached hydrogen (secondary N) is 2.